The molecule has 1 saturated heterocycles. The number of anilines is 1. The molecule has 0 aliphatic carbocycles. The Kier molecular flexibility index (Phi) is 4.34. The van der Waals surface area contributed by atoms with E-state index in [1.807, 2.05) is 6.92 Å². The molecule has 1 atom stereocenters. The zero-order chi connectivity index (χ0) is 13.8. The Morgan fingerprint density at radius 2 is 2.37 bits per heavy atom. The number of benzene rings is 1. The molecule has 19 heavy (non-hydrogen) atoms. The van der Waals surface area contributed by atoms with Gasteiger partial charge in [0.2, 0.25) is 0 Å². The van der Waals surface area contributed by atoms with Crippen molar-refractivity contribution in [2.75, 3.05) is 38.6 Å². The number of hydrogen-bond acceptors (Lipinski definition) is 5. The van der Waals surface area contributed by atoms with E-state index in [0.29, 0.717) is 6.54 Å². The van der Waals surface area contributed by atoms with E-state index in [4.69, 9.17) is 4.74 Å². The number of nitrogens with one attached hydrogen (secondary N) is 1. The van der Waals surface area contributed by atoms with Gasteiger partial charge in [0, 0.05) is 37.5 Å². The molecular weight excluding hydrogens is 246 g/mol. The van der Waals surface area contributed by atoms with Crippen LogP contribution in [0.5, 0.6) is 0 Å². The summed E-state index contributed by atoms with van der Waals surface area (Å²) < 4.78 is 5.66. The normalized spacial score (nSPS) is 20.2. The van der Waals surface area contributed by atoms with Crippen LogP contribution < -0.4 is 5.32 Å². The van der Waals surface area contributed by atoms with Gasteiger partial charge in [0.25, 0.3) is 5.69 Å². The number of morpholine rings is 1. The summed E-state index contributed by atoms with van der Waals surface area (Å²) in [5.74, 6) is 0. The predicted octanol–water partition coefficient (Wildman–Crippen LogP) is 1.65. The molecule has 1 aliphatic heterocycles. The second kappa shape index (κ2) is 5.99. The summed E-state index contributed by atoms with van der Waals surface area (Å²) in [5, 5.41) is 14.0. The summed E-state index contributed by atoms with van der Waals surface area (Å²) in [4.78, 5) is 12.5. The van der Waals surface area contributed by atoms with Crippen LogP contribution in [0.2, 0.25) is 0 Å². The van der Waals surface area contributed by atoms with Crippen molar-refractivity contribution in [3.8, 4) is 0 Å². The van der Waals surface area contributed by atoms with Crippen LogP contribution in [0.3, 0.4) is 0 Å². The van der Waals surface area contributed by atoms with Crippen molar-refractivity contribution in [1.82, 2.24) is 4.90 Å². The van der Waals surface area contributed by atoms with Gasteiger partial charge in [-0.15, -0.1) is 0 Å². The second-order valence-electron chi connectivity index (χ2n) is 4.89. The second-order valence-corrected chi connectivity index (χ2v) is 4.89. The minimum absolute atomic E-state index is 0.122. The van der Waals surface area contributed by atoms with E-state index in [0.717, 1.165) is 30.9 Å². The molecule has 0 saturated carbocycles. The number of rotatable bonds is 4. The van der Waals surface area contributed by atoms with Gasteiger partial charge in [-0.3, -0.25) is 10.1 Å². The van der Waals surface area contributed by atoms with Crippen molar-refractivity contribution < 1.29 is 9.66 Å². The summed E-state index contributed by atoms with van der Waals surface area (Å²) in [7, 11) is 2.08. The summed E-state index contributed by atoms with van der Waals surface area (Å²) in [6, 6.07) is 4.85. The maximum atomic E-state index is 10.7. The number of ether oxygens (including phenoxy) is 1. The highest BCUT2D eigenvalue weighted by Gasteiger charge is 2.17. The number of likely N-dealkylation sites (N-methyl/N-ethyl adjacent to an activating group) is 1. The number of hydrogen-bond donors (Lipinski definition) is 1. The quantitative estimate of drug-likeness (QED) is 0.662. The highest BCUT2D eigenvalue weighted by Crippen LogP contribution is 2.21. The van der Waals surface area contributed by atoms with Crippen molar-refractivity contribution in [2.24, 2.45) is 0 Å². The Bertz CT molecular complexity index is 464. The Morgan fingerprint density at radius 3 is 3.00 bits per heavy atom. The standard InChI is InChI=1S/C13H19N3O3/c1-10-7-11(16(17)18)3-4-13(10)14-8-12-9-15(2)5-6-19-12/h3-4,7,12,14H,5-6,8-9H2,1-2H3. The lowest BCUT2D eigenvalue weighted by Gasteiger charge is -2.30. The topological polar surface area (TPSA) is 67.6 Å². The van der Waals surface area contributed by atoms with Gasteiger partial charge in [0.05, 0.1) is 17.6 Å². The van der Waals surface area contributed by atoms with Crippen LogP contribution in [-0.4, -0.2) is 49.2 Å². The summed E-state index contributed by atoms with van der Waals surface area (Å²) >= 11 is 0. The minimum Gasteiger partial charge on any atom is -0.382 e. The van der Waals surface area contributed by atoms with E-state index in [9.17, 15) is 10.1 Å². The van der Waals surface area contributed by atoms with E-state index in [-0.39, 0.29) is 16.7 Å². The Balaban J connectivity index is 1.94. The first-order chi connectivity index (χ1) is 9.06. The van der Waals surface area contributed by atoms with E-state index in [1.165, 1.54) is 6.07 Å². The van der Waals surface area contributed by atoms with Gasteiger partial charge >= 0.3 is 0 Å². The van der Waals surface area contributed by atoms with Crippen LogP contribution in [0, 0.1) is 17.0 Å². The lowest BCUT2D eigenvalue weighted by molar-refractivity contribution is -0.384. The Morgan fingerprint density at radius 1 is 1.58 bits per heavy atom. The number of non-ortho nitro benzene ring substituents is 1. The van der Waals surface area contributed by atoms with E-state index in [1.54, 1.807) is 12.1 Å². The molecule has 104 valence electrons. The van der Waals surface area contributed by atoms with Crippen molar-refractivity contribution in [2.45, 2.75) is 13.0 Å². The summed E-state index contributed by atoms with van der Waals surface area (Å²) in [6.07, 6.45) is 0.161. The first-order valence-corrected chi connectivity index (χ1v) is 6.35. The third-order valence-electron chi connectivity index (χ3n) is 3.28. The zero-order valence-electron chi connectivity index (χ0n) is 11.3. The van der Waals surface area contributed by atoms with Crippen LogP contribution in [0.4, 0.5) is 11.4 Å². The molecule has 0 amide bonds. The van der Waals surface area contributed by atoms with Crippen molar-refractivity contribution in [3.05, 3.63) is 33.9 Å². The third-order valence-corrected chi connectivity index (χ3v) is 3.28. The molecule has 1 heterocycles. The molecule has 0 aromatic heterocycles. The molecule has 1 aromatic carbocycles. The molecule has 6 heteroatoms. The largest absolute Gasteiger partial charge is 0.382 e. The number of nitrogens with zero attached hydrogens (tertiary/aromatic N) is 2. The van der Waals surface area contributed by atoms with Crippen molar-refractivity contribution in [3.63, 3.8) is 0 Å². The molecular formula is C13H19N3O3. The van der Waals surface area contributed by atoms with E-state index in [2.05, 4.69) is 17.3 Å². The van der Waals surface area contributed by atoms with Crippen molar-refractivity contribution in [1.29, 1.82) is 0 Å². The van der Waals surface area contributed by atoms with Crippen LogP contribution in [-0.2, 0) is 4.74 Å². The summed E-state index contributed by atoms with van der Waals surface area (Å²) in [5.41, 5.74) is 1.91. The molecule has 1 N–H and O–H groups in total. The van der Waals surface area contributed by atoms with Gasteiger partial charge < -0.3 is 15.0 Å². The van der Waals surface area contributed by atoms with Gasteiger partial charge in [-0.25, -0.2) is 0 Å². The molecule has 1 aliphatic rings. The first kappa shape index (κ1) is 13.8. The van der Waals surface area contributed by atoms with Crippen LogP contribution in [0.25, 0.3) is 0 Å². The number of nitro benzene ring substituents is 1. The number of nitro groups is 1. The van der Waals surface area contributed by atoms with Gasteiger partial charge in [-0.05, 0) is 25.6 Å². The third kappa shape index (κ3) is 3.65. The SMILES string of the molecule is Cc1cc([N+](=O)[O-])ccc1NCC1CN(C)CCO1. The highest BCUT2D eigenvalue weighted by molar-refractivity contribution is 5.55. The molecule has 2 rings (SSSR count). The van der Waals surface area contributed by atoms with Gasteiger partial charge in [-0.2, -0.15) is 0 Å². The van der Waals surface area contributed by atoms with Gasteiger partial charge in [-0.1, -0.05) is 0 Å². The van der Waals surface area contributed by atoms with Crippen LogP contribution in [0.1, 0.15) is 5.56 Å². The van der Waals surface area contributed by atoms with Crippen LogP contribution in [0.15, 0.2) is 18.2 Å². The average Bonchev–Trinajstić information content (AvgIpc) is 2.37. The van der Waals surface area contributed by atoms with E-state index < -0.39 is 0 Å². The fourth-order valence-electron chi connectivity index (χ4n) is 2.17. The highest BCUT2D eigenvalue weighted by atomic mass is 16.6. The molecule has 0 bridgehead atoms. The maximum absolute atomic E-state index is 10.7. The fraction of sp³-hybridized carbons (Fsp3) is 0.538. The zero-order valence-corrected chi connectivity index (χ0v) is 11.3. The molecule has 0 spiro atoms. The molecule has 6 nitrogen and oxygen atoms in total. The molecule has 0 radical (unpaired) electrons. The molecule has 1 unspecified atom stereocenters. The maximum Gasteiger partial charge on any atom is 0.269 e. The number of aryl methyl sites for hydroxylation is 1. The van der Waals surface area contributed by atoms with Gasteiger partial charge in [0.15, 0.2) is 0 Å². The average molecular weight is 265 g/mol. The lowest BCUT2D eigenvalue weighted by atomic mass is 10.1. The Labute approximate surface area is 112 Å². The molecule has 1 aromatic rings. The molecule has 1 fully saturated rings. The lowest BCUT2D eigenvalue weighted by Crippen LogP contribution is -2.43. The van der Waals surface area contributed by atoms with Gasteiger partial charge in [0.1, 0.15) is 0 Å². The first-order valence-electron chi connectivity index (χ1n) is 6.35. The minimum atomic E-state index is -0.379. The predicted molar refractivity (Wildman–Crippen MR) is 73.6 cm³/mol. The Hall–Kier alpha value is -1.66. The van der Waals surface area contributed by atoms with Crippen LogP contribution >= 0.6 is 0 Å². The smallest absolute Gasteiger partial charge is 0.269 e. The van der Waals surface area contributed by atoms with Crippen molar-refractivity contribution >= 4 is 11.4 Å². The monoisotopic (exact) mass is 265 g/mol. The summed E-state index contributed by atoms with van der Waals surface area (Å²) in [6.45, 7) is 5.19. The van der Waals surface area contributed by atoms with E-state index >= 15 is 0 Å². The fourth-order valence-corrected chi connectivity index (χ4v) is 2.17.